The Kier molecular flexibility index (Phi) is 3.40. The summed E-state index contributed by atoms with van der Waals surface area (Å²) in [5, 5.41) is 4.35. The highest BCUT2D eigenvalue weighted by molar-refractivity contribution is 9.10. The van der Waals surface area contributed by atoms with Crippen LogP contribution in [0.5, 0.6) is 0 Å². The summed E-state index contributed by atoms with van der Waals surface area (Å²) in [6.45, 7) is 3.97. The number of nitrogens with zero attached hydrogens (tertiary/aromatic N) is 2. The number of furan rings is 1. The van der Waals surface area contributed by atoms with Crippen molar-refractivity contribution in [1.29, 1.82) is 0 Å². The van der Waals surface area contributed by atoms with Gasteiger partial charge >= 0.3 is 0 Å². The average Bonchev–Trinajstić information content (AvgIpc) is 2.78. The van der Waals surface area contributed by atoms with Crippen LogP contribution >= 0.6 is 15.9 Å². The molecule has 0 fully saturated rings. The number of hydrogen-bond donors (Lipinski definition) is 1. The highest BCUT2D eigenvalue weighted by atomic mass is 79.9. The van der Waals surface area contributed by atoms with E-state index in [0.717, 1.165) is 27.2 Å². The molecule has 0 aliphatic heterocycles. The van der Waals surface area contributed by atoms with Gasteiger partial charge in [0.15, 0.2) is 0 Å². The van der Waals surface area contributed by atoms with Crippen molar-refractivity contribution in [3.63, 3.8) is 0 Å². The fraction of sp³-hybridized carbons (Fsp3) is 0.417. The average molecular weight is 298 g/mol. The van der Waals surface area contributed by atoms with E-state index >= 15 is 0 Å². The smallest absolute Gasteiger partial charge is 0.123 e. The van der Waals surface area contributed by atoms with Gasteiger partial charge in [-0.3, -0.25) is 4.68 Å². The molecule has 92 valence electrons. The minimum Gasteiger partial charge on any atom is -0.467 e. The molecule has 1 atom stereocenters. The van der Waals surface area contributed by atoms with Gasteiger partial charge in [-0.15, -0.1) is 0 Å². The molecular formula is C12H16BrN3O. The van der Waals surface area contributed by atoms with Crippen molar-refractivity contribution in [2.24, 2.45) is 12.8 Å². The van der Waals surface area contributed by atoms with Gasteiger partial charge in [0.25, 0.3) is 0 Å². The van der Waals surface area contributed by atoms with Crippen LogP contribution in [0.4, 0.5) is 0 Å². The van der Waals surface area contributed by atoms with Crippen molar-refractivity contribution in [2.75, 3.05) is 0 Å². The standard InChI is InChI=1S/C12H16BrN3O/c1-7-4-5-17-12(7)9(14)6-10-11(13)8(2)15-16(10)3/h4-5,9H,6,14H2,1-3H3. The predicted molar refractivity (Wildman–Crippen MR) is 69.7 cm³/mol. The van der Waals surface area contributed by atoms with Gasteiger partial charge in [-0.2, -0.15) is 5.10 Å². The summed E-state index contributed by atoms with van der Waals surface area (Å²) in [6.07, 6.45) is 2.38. The highest BCUT2D eigenvalue weighted by Gasteiger charge is 2.18. The van der Waals surface area contributed by atoms with Crippen molar-refractivity contribution in [2.45, 2.75) is 26.3 Å². The molecule has 0 saturated heterocycles. The molecule has 0 bridgehead atoms. The van der Waals surface area contributed by atoms with Crippen molar-refractivity contribution in [3.05, 3.63) is 39.5 Å². The number of hydrogen-bond acceptors (Lipinski definition) is 3. The van der Waals surface area contributed by atoms with Crippen LogP contribution in [-0.4, -0.2) is 9.78 Å². The predicted octanol–water partition coefficient (Wildman–Crippen LogP) is 2.63. The van der Waals surface area contributed by atoms with E-state index in [-0.39, 0.29) is 6.04 Å². The van der Waals surface area contributed by atoms with Crippen LogP contribution in [0, 0.1) is 13.8 Å². The van der Waals surface area contributed by atoms with Gasteiger partial charge in [0, 0.05) is 13.5 Å². The first-order valence-corrected chi connectivity index (χ1v) is 6.27. The molecule has 2 aromatic rings. The van der Waals surface area contributed by atoms with Crippen molar-refractivity contribution in [1.82, 2.24) is 9.78 Å². The fourth-order valence-electron chi connectivity index (χ4n) is 1.97. The summed E-state index contributed by atoms with van der Waals surface area (Å²) < 4.78 is 8.30. The molecule has 0 amide bonds. The number of nitrogens with two attached hydrogens (primary N) is 1. The van der Waals surface area contributed by atoms with E-state index in [9.17, 15) is 0 Å². The third-order valence-electron chi connectivity index (χ3n) is 2.91. The van der Waals surface area contributed by atoms with Crippen LogP contribution in [0.25, 0.3) is 0 Å². The Hall–Kier alpha value is -1.07. The Labute approximate surface area is 109 Å². The molecule has 0 saturated carbocycles. The largest absolute Gasteiger partial charge is 0.467 e. The molecule has 2 aromatic heterocycles. The zero-order chi connectivity index (χ0) is 12.6. The molecule has 2 N–H and O–H groups in total. The molecule has 4 nitrogen and oxygen atoms in total. The van der Waals surface area contributed by atoms with E-state index in [4.69, 9.17) is 10.2 Å². The maximum Gasteiger partial charge on any atom is 0.123 e. The van der Waals surface area contributed by atoms with Crippen molar-refractivity contribution in [3.8, 4) is 0 Å². The molecule has 17 heavy (non-hydrogen) atoms. The van der Waals surface area contributed by atoms with Crippen LogP contribution in [0.1, 0.15) is 28.8 Å². The lowest BCUT2D eigenvalue weighted by Gasteiger charge is -2.10. The first-order valence-electron chi connectivity index (χ1n) is 5.48. The van der Waals surface area contributed by atoms with Gasteiger partial charge in [0.2, 0.25) is 0 Å². The molecule has 5 heteroatoms. The number of halogens is 1. The van der Waals surface area contributed by atoms with Gasteiger partial charge in [-0.05, 0) is 41.4 Å². The Morgan fingerprint density at radius 2 is 2.24 bits per heavy atom. The Morgan fingerprint density at radius 3 is 2.71 bits per heavy atom. The molecule has 0 aliphatic rings. The molecule has 0 spiro atoms. The summed E-state index contributed by atoms with van der Waals surface area (Å²) in [6, 6.07) is 1.79. The zero-order valence-corrected chi connectivity index (χ0v) is 11.8. The second-order valence-corrected chi connectivity index (χ2v) is 5.04. The fourth-order valence-corrected chi connectivity index (χ4v) is 2.46. The maximum absolute atomic E-state index is 6.16. The minimum atomic E-state index is -0.143. The first-order chi connectivity index (χ1) is 8.00. The third kappa shape index (κ3) is 2.30. The summed E-state index contributed by atoms with van der Waals surface area (Å²) in [4.78, 5) is 0. The van der Waals surface area contributed by atoms with Crippen molar-refractivity contribution < 1.29 is 4.42 Å². The van der Waals surface area contributed by atoms with Crippen LogP contribution in [0.2, 0.25) is 0 Å². The highest BCUT2D eigenvalue weighted by Crippen LogP contribution is 2.26. The minimum absolute atomic E-state index is 0.143. The monoisotopic (exact) mass is 297 g/mol. The quantitative estimate of drug-likeness (QED) is 0.947. The van der Waals surface area contributed by atoms with Crippen LogP contribution in [-0.2, 0) is 13.5 Å². The van der Waals surface area contributed by atoms with Crippen LogP contribution < -0.4 is 5.73 Å². The molecule has 1 unspecified atom stereocenters. The zero-order valence-electron chi connectivity index (χ0n) is 10.2. The van der Waals surface area contributed by atoms with Gasteiger partial charge in [-0.25, -0.2) is 0 Å². The SMILES string of the molecule is Cc1ccoc1C(N)Cc1c(Br)c(C)nn1C. The second kappa shape index (κ2) is 4.66. The molecule has 0 radical (unpaired) electrons. The van der Waals surface area contributed by atoms with Gasteiger partial charge in [-0.1, -0.05) is 0 Å². The van der Waals surface area contributed by atoms with Gasteiger partial charge in [0.05, 0.1) is 28.2 Å². The van der Waals surface area contributed by atoms with E-state index in [1.165, 1.54) is 0 Å². The summed E-state index contributed by atoms with van der Waals surface area (Å²) in [5.41, 5.74) is 9.32. The van der Waals surface area contributed by atoms with E-state index < -0.39 is 0 Å². The summed E-state index contributed by atoms with van der Waals surface area (Å²) in [5.74, 6) is 0.843. The first kappa shape index (κ1) is 12.4. The lowest BCUT2D eigenvalue weighted by atomic mass is 10.1. The van der Waals surface area contributed by atoms with Crippen molar-refractivity contribution >= 4 is 15.9 Å². The maximum atomic E-state index is 6.16. The van der Waals surface area contributed by atoms with Gasteiger partial charge < -0.3 is 10.2 Å². The molecular weight excluding hydrogens is 282 g/mol. The Morgan fingerprint density at radius 1 is 1.53 bits per heavy atom. The van der Waals surface area contributed by atoms with E-state index in [0.29, 0.717) is 6.42 Å². The summed E-state index contributed by atoms with van der Waals surface area (Å²) in [7, 11) is 1.93. The van der Waals surface area contributed by atoms with Crippen LogP contribution in [0.15, 0.2) is 21.2 Å². The lowest BCUT2D eigenvalue weighted by Crippen LogP contribution is -2.16. The molecule has 2 rings (SSSR count). The summed E-state index contributed by atoms with van der Waals surface area (Å²) >= 11 is 3.54. The van der Waals surface area contributed by atoms with E-state index in [1.54, 1.807) is 6.26 Å². The Bertz CT molecular complexity index is 530. The number of aryl methyl sites for hydroxylation is 3. The lowest BCUT2D eigenvalue weighted by molar-refractivity contribution is 0.456. The Balaban J connectivity index is 2.24. The third-order valence-corrected chi connectivity index (χ3v) is 3.94. The van der Waals surface area contributed by atoms with Crippen LogP contribution in [0.3, 0.4) is 0 Å². The number of rotatable bonds is 3. The molecule has 2 heterocycles. The van der Waals surface area contributed by atoms with E-state index in [1.807, 2.05) is 31.6 Å². The topological polar surface area (TPSA) is 57.0 Å². The number of aromatic nitrogens is 2. The molecule has 0 aromatic carbocycles. The van der Waals surface area contributed by atoms with E-state index in [2.05, 4.69) is 21.0 Å². The second-order valence-electron chi connectivity index (χ2n) is 4.25. The normalized spacial score (nSPS) is 13.0. The van der Waals surface area contributed by atoms with Gasteiger partial charge in [0.1, 0.15) is 5.76 Å². The molecule has 0 aliphatic carbocycles.